The van der Waals surface area contributed by atoms with E-state index in [9.17, 15) is 0 Å². The third kappa shape index (κ3) is 1.28. The van der Waals surface area contributed by atoms with Crippen LogP contribution in [0.4, 0.5) is 0 Å². The van der Waals surface area contributed by atoms with Gasteiger partial charge in [0.2, 0.25) is 0 Å². The van der Waals surface area contributed by atoms with Crippen LogP contribution in [0.2, 0.25) is 0 Å². The minimum atomic E-state index is 0.409. The van der Waals surface area contributed by atoms with Gasteiger partial charge in [-0.1, -0.05) is 0 Å². The van der Waals surface area contributed by atoms with E-state index >= 15 is 0 Å². The maximum atomic E-state index is 8.81. The maximum absolute atomic E-state index is 8.81. The molecule has 0 amide bonds. The molecule has 0 saturated heterocycles. The Hall–Kier alpha value is -1.89. The summed E-state index contributed by atoms with van der Waals surface area (Å²) in [4.78, 5) is 4.28. The fourth-order valence-electron chi connectivity index (χ4n) is 1.88. The van der Waals surface area contributed by atoms with Crippen LogP contribution in [0, 0.1) is 11.3 Å². The van der Waals surface area contributed by atoms with Gasteiger partial charge in [-0.15, -0.1) is 0 Å². The number of fused-ring (bicyclic) bond motifs is 1. The van der Waals surface area contributed by atoms with Crippen molar-refractivity contribution in [2.24, 2.45) is 0 Å². The lowest BCUT2D eigenvalue weighted by atomic mass is 10.1. The second-order valence-electron chi connectivity index (χ2n) is 3.86. The van der Waals surface area contributed by atoms with Crippen LogP contribution in [0.5, 0.6) is 0 Å². The van der Waals surface area contributed by atoms with Crippen molar-refractivity contribution in [1.82, 2.24) is 14.6 Å². The maximum Gasteiger partial charge on any atom is 0.159 e. The van der Waals surface area contributed by atoms with Crippen LogP contribution in [0.25, 0.3) is 5.65 Å². The van der Waals surface area contributed by atoms with Crippen LogP contribution < -0.4 is 0 Å². The Bertz CT molecular complexity index is 545. The van der Waals surface area contributed by atoms with Gasteiger partial charge in [0.1, 0.15) is 0 Å². The van der Waals surface area contributed by atoms with Crippen LogP contribution in [-0.4, -0.2) is 14.6 Å². The molecule has 0 aliphatic heterocycles. The predicted molar refractivity (Wildman–Crippen MR) is 54.3 cm³/mol. The topological polar surface area (TPSA) is 54.0 Å². The lowest BCUT2D eigenvalue weighted by Gasteiger charge is -1.93. The summed E-state index contributed by atoms with van der Waals surface area (Å²) in [7, 11) is 0. The molecule has 1 aliphatic carbocycles. The molecule has 2 aromatic rings. The molecule has 1 aliphatic rings. The van der Waals surface area contributed by atoms with Crippen LogP contribution in [-0.2, 0) is 6.42 Å². The highest BCUT2D eigenvalue weighted by molar-refractivity contribution is 5.52. The van der Waals surface area contributed by atoms with Crippen molar-refractivity contribution in [2.45, 2.75) is 25.2 Å². The van der Waals surface area contributed by atoms with Crippen LogP contribution in [0.15, 0.2) is 18.5 Å². The van der Waals surface area contributed by atoms with Crippen molar-refractivity contribution in [3.05, 3.63) is 29.7 Å². The average Bonchev–Trinajstić information content (AvgIpc) is 3.04. The van der Waals surface area contributed by atoms with Gasteiger partial charge in [-0.2, -0.15) is 10.4 Å². The molecular weight excluding hydrogens is 188 g/mol. The normalized spacial score (nSPS) is 15.4. The highest BCUT2D eigenvalue weighted by Gasteiger charge is 2.30. The van der Waals surface area contributed by atoms with Crippen molar-refractivity contribution in [3.63, 3.8) is 0 Å². The van der Waals surface area contributed by atoms with Crippen molar-refractivity contribution < 1.29 is 0 Å². The van der Waals surface area contributed by atoms with E-state index in [2.05, 4.69) is 16.2 Å². The minimum absolute atomic E-state index is 0.409. The summed E-state index contributed by atoms with van der Waals surface area (Å²) >= 11 is 0. The van der Waals surface area contributed by atoms with E-state index in [0.717, 1.165) is 16.9 Å². The fraction of sp³-hybridized carbons (Fsp3) is 0.364. The number of hydrogen-bond acceptors (Lipinski definition) is 3. The first kappa shape index (κ1) is 8.42. The molecule has 2 heterocycles. The van der Waals surface area contributed by atoms with Crippen molar-refractivity contribution in [2.75, 3.05) is 0 Å². The van der Waals surface area contributed by atoms with Gasteiger partial charge in [0.15, 0.2) is 5.65 Å². The molecule has 4 heteroatoms. The van der Waals surface area contributed by atoms with Crippen LogP contribution in [0.3, 0.4) is 0 Å². The summed E-state index contributed by atoms with van der Waals surface area (Å²) in [6.45, 7) is 0. The number of hydrogen-bond donors (Lipinski definition) is 0. The lowest BCUT2D eigenvalue weighted by Crippen LogP contribution is -1.89. The molecule has 74 valence electrons. The quantitative estimate of drug-likeness (QED) is 0.737. The van der Waals surface area contributed by atoms with E-state index in [1.807, 2.05) is 12.3 Å². The summed E-state index contributed by atoms with van der Waals surface area (Å²) < 4.78 is 1.78. The van der Waals surface area contributed by atoms with E-state index < -0.39 is 0 Å². The van der Waals surface area contributed by atoms with Gasteiger partial charge in [-0.3, -0.25) is 0 Å². The molecule has 2 aromatic heterocycles. The zero-order valence-corrected chi connectivity index (χ0v) is 8.22. The van der Waals surface area contributed by atoms with E-state index in [-0.39, 0.29) is 0 Å². The van der Waals surface area contributed by atoms with Gasteiger partial charge >= 0.3 is 0 Å². The summed E-state index contributed by atoms with van der Waals surface area (Å²) in [5.41, 5.74) is 2.93. The smallest absolute Gasteiger partial charge is 0.159 e. The van der Waals surface area contributed by atoms with Gasteiger partial charge in [0, 0.05) is 23.9 Å². The first-order chi connectivity index (χ1) is 7.40. The number of rotatable bonds is 2. The molecule has 4 nitrogen and oxygen atoms in total. The first-order valence-corrected chi connectivity index (χ1v) is 5.09. The molecular formula is C11H10N4. The van der Waals surface area contributed by atoms with Gasteiger partial charge in [-0.05, 0) is 18.9 Å². The van der Waals surface area contributed by atoms with Gasteiger partial charge < -0.3 is 0 Å². The monoisotopic (exact) mass is 198 g/mol. The number of nitriles is 1. The summed E-state index contributed by atoms with van der Waals surface area (Å²) in [6, 6.07) is 4.05. The molecule has 0 N–H and O–H groups in total. The van der Waals surface area contributed by atoms with Gasteiger partial charge in [0.05, 0.1) is 18.2 Å². The highest BCUT2D eigenvalue weighted by atomic mass is 15.3. The minimum Gasteiger partial charge on any atom is -0.237 e. The third-order valence-electron chi connectivity index (χ3n) is 2.74. The molecule has 0 radical (unpaired) electrons. The summed E-state index contributed by atoms with van der Waals surface area (Å²) in [6.07, 6.45) is 6.43. The molecule has 3 rings (SSSR count). The molecule has 1 fully saturated rings. The van der Waals surface area contributed by atoms with Crippen LogP contribution in [0.1, 0.15) is 30.0 Å². The average molecular weight is 198 g/mol. The van der Waals surface area contributed by atoms with Gasteiger partial charge in [-0.25, -0.2) is 9.50 Å². The Morgan fingerprint density at radius 1 is 1.53 bits per heavy atom. The van der Waals surface area contributed by atoms with Crippen molar-refractivity contribution in [3.8, 4) is 6.07 Å². The molecule has 0 unspecified atom stereocenters. The number of aromatic nitrogens is 3. The molecule has 0 spiro atoms. The largest absolute Gasteiger partial charge is 0.237 e. The second kappa shape index (κ2) is 3.06. The second-order valence-corrected chi connectivity index (χ2v) is 3.86. The van der Waals surface area contributed by atoms with Crippen molar-refractivity contribution in [1.29, 1.82) is 5.26 Å². The Kier molecular flexibility index (Phi) is 1.72. The van der Waals surface area contributed by atoms with Crippen LogP contribution >= 0.6 is 0 Å². The van der Waals surface area contributed by atoms with Crippen molar-refractivity contribution >= 4 is 5.65 Å². The Morgan fingerprint density at radius 2 is 2.40 bits per heavy atom. The molecule has 1 saturated carbocycles. The zero-order chi connectivity index (χ0) is 10.3. The number of nitrogens with zero attached hydrogens (tertiary/aromatic N) is 4. The highest BCUT2D eigenvalue weighted by Crippen LogP contribution is 2.41. The Morgan fingerprint density at radius 3 is 3.13 bits per heavy atom. The molecule has 0 aromatic carbocycles. The summed E-state index contributed by atoms with van der Waals surface area (Å²) in [5.74, 6) is 0.565. The fourth-order valence-corrected chi connectivity index (χ4v) is 1.88. The molecule has 15 heavy (non-hydrogen) atoms. The predicted octanol–water partition coefficient (Wildman–Crippen LogP) is 1.67. The van der Waals surface area contributed by atoms with Gasteiger partial charge in [0.25, 0.3) is 0 Å². The first-order valence-electron chi connectivity index (χ1n) is 5.09. The lowest BCUT2D eigenvalue weighted by molar-refractivity contribution is 0.878. The van der Waals surface area contributed by atoms with E-state index in [0.29, 0.717) is 12.3 Å². The standard InChI is InChI=1S/C11H10N4/c12-5-4-9-10(8-2-3-8)14-15-7-1-6-13-11(9)15/h1,6-8H,2-4H2. The Labute approximate surface area is 87.2 Å². The molecule has 0 atom stereocenters. The Balaban J connectivity index is 2.24. The van der Waals surface area contributed by atoms with E-state index in [1.165, 1.54) is 12.8 Å². The zero-order valence-electron chi connectivity index (χ0n) is 8.22. The SMILES string of the molecule is N#CCc1c(C2CC2)nn2cccnc12. The van der Waals surface area contributed by atoms with E-state index in [1.54, 1.807) is 10.7 Å². The third-order valence-corrected chi connectivity index (χ3v) is 2.74. The summed E-state index contributed by atoms with van der Waals surface area (Å²) in [5, 5.41) is 13.3. The van der Waals surface area contributed by atoms with E-state index in [4.69, 9.17) is 5.26 Å². The molecule has 0 bridgehead atoms.